The molecule has 204 valence electrons. The van der Waals surface area contributed by atoms with Crippen LogP contribution in [0.15, 0.2) is 127 Å². The molecule has 0 saturated carbocycles. The summed E-state index contributed by atoms with van der Waals surface area (Å²) in [6.07, 6.45) is 1.48. The van der Waals surface area contributed by atoms with Gasteiger partial charge in [-0.2, -0.15) is 0 Å². The van der Waals surface area contributed by atoms with Crippen molar-refractivity contribution in [3.8, 4) is 28.2 Å². The summed E-state index contributed by atoms with van der Waals surface area (Å²) >= 11 is 0. The summed E-state index contributed by atoms with van der Waals surface area (Å²) in [6, 6.07) is 34.5. The quantitative estimate of drug-likeness (QED) is 0.113. The van der Waals surface area contributed by atoms with E-state index in [2.05, 4.69) is 5.32 Å². The van der Waals surface area contributed by atoms with Crippen LogP contribution in [0.3, 0.4) is 0 Å². The number of non-ortho nitro benzene ring substituents is 1. The lowest BCUT2D eigenvalue weighted by molar-refractivity contribution is -0.384. The largest absolute Gasteiger partial charge is 0.335 e. The number of imide groups is 2. The van der Waals surface area contributed by atoms with Gasteiger partial charge in [0.2, 0.25) is 0 Å². The molecule has 4 amide bonds. The SMILES string of the molecule is O=C1NC(=O)N(c2ccccc2)C(=O)/C1=C\c1cc(-c2ccccc2)n(-c2ccc([N+](=O)[O-])cc2)c1-c1ccccc1. The molecule has 0 spiro atoms. The number of benzene rings is 4. The van der Waals surface area contributed by atoms with Crippen LogP contribution in [0.5, 0.6) is 0 Å². The smallest absolute Gasteiger partial charge is 0.309 e. The number of nitro benzene ring substituents is 1. The van der Waals surface area contributed by atoms with Crippen molar-refractivity contribution in [1.82, 2.24) is 9.88 Å². The van der Waals surface area contributed by atoms with Gasteiger partial charge in [0.1, 0.15) is 5.57 Å². The van der Waals surface area contributed by atoms with E-state index in [0.29, 0.717) is 22.6 Å². The van der Waals surface area contributed by atoms with Crippen molar-refractivity contribution in [2.24, 2.45) is 0 Å². The zero-order valence-corrected chi connectivity index (χ0v) is 22.0. The third-order valence-corrected chi connectivity index (χ3v) is 6.88. The summed E-state index contributed by atoms with van der Waals surface area (Å²) in [4.78, 5) is 51.2. The van der Waals surface area contributed by atoms with Gasteiger partial charge in [-0.15, -0.1) is 0 Å². The van der Waals surface area contributed by atoms with E-state index in [0.717, 1.165) is 21.7 Å². The number of barbiturate groups is 1. The summed E-state index contributed by atoms with van der Waals surface area (Å²) in [5, 5.41) is 13.6. The molecule has 5 aromatic rings. The highest BCUT2D eigenvalue weighted by Crippen LogP contribution is 2.38. The van der Waals surface area contributed by atoms with E-state index in [1.54, 1.807) is 42.5 Å². The highest BCUT2D eigenvalue weighted by Gasteiger charge is 2.37. The van der Waals surface area contributed by atoms with Crippen LogP contribution >= 0.6 is 0 Å². The Balaban J connectivity index is 1.60. The van der Waals surface area contributed by atoms with Crippen molar-refractivity contribution in [3.05, 3.63) is 143 Å². The van der Waals surface area contributed by atoms with Crippen LogP contribution < -0.4 is 10.2 Å². The van der Waals surface area contributed by atoms with Crippen LogP contribution in [0.25, 0.3) is 34.3 Å². The van der Waals surface area contributed by atoms with Crippen molar-refractivity contribution in [3.63, 3.8) is 0 Å². The van der Waals surface area contributed by atoms with Gasteiger partial charge in [-0.3, -0.25) is 25.0 Å². The van der Waals surface area contributed by atoms with E-state index in [9.17, 15) is 24.5 Å². The standard InChI is InChI=1S/C33H22N4O5/c38-31-28(32(39)36(33(40)34-31)25-14-8-3-9-15-25)20-24-21-29(22-10-4-1-5-11-22)35(30(24)23-12-6-2-7-13-23)26-16-18-27(19-17-26)37(41)42/h1-21H,(H,34,38,40)/b28-20-. The second kappa shape index (κ2) is 10.8. The number of anilines is 1. The van der Waals surface area contributed by atoms with Crippen LogP contribution in [0.1, 0.15) is 5.56 Å². The first kappa shape index (κ1) is 26.1. The third-order valence-electron chi connectivity index (χ3n) is 6.88. The number of hydrogen-bond acceptors (Lipinski definition) is 5. The van der Waals surface area contributed by atoms with Crippen molar-refractivity contribution in [2.75, 3.05) is 4.90 Å². The predicted octanol–water partition coefficient (Wildman–Crippen LogP) is 6.39. The van der Waals surface area contributed by atoms with Crippen LogP contribution in [-0.2, 0) is 9.59 Å². The van der Waals surface area contributed by atoms with E-state index in [1.165, 1.54) is 18.2 Å². The number of nitro groups is 1. The first-order valence-electron chi connectivity index (χ1n) is 13.0. The number of para-hydroxylation sites is 1. The Kier molecular flexibility index (Phi) is 6.74. The van der Waals surface area contributed by atoms with E-state index < -0.39 is 22.8 Å². The first-order chi connectivity index (χ1) is 20.4. The molecule has 0 unspecified atom stereocenters. The van der Waals surface area contributed by atoms with E-state index >= 15 is 0 Å². The van der Waals surface area contributed by atoms with Gasteiger partial charge < -0.3 is 4.57 Å². The van der Waals surface area contributed by atoms with Gasteiger partial charge in [-0.25, -0.2) is 9.69 Å². The lowest BCUT2D eigenvalue weighted by Crippen LogP contribution is -2.54. The lowest BCUT2D eigenvalue weighted by Gasteiger charge is -2.26. The summed E-state index contributed by atoms with van der Waals surface area (Å²) in [5.74, 6) is -1.56. The maximum atomic E-state index is 13.6. The van der Waals surface area contributed by atoms with Gasteiger partial charge >= 0.3 is 6.03 Å². The highest BCUT2D eigenvalue weighted by atomic mass is 16.6. The van der Waals surface area contributed by atoms with Gasteiger partial charge in [0.25, 0.3) is 17.5 Å². The molecule has 1 aromatic heterocycles. The minimum Gasteiger partial charge on any atom is -0.309 e. The fourth-order valence-electron chi connectivity index (χ4n) is 4.97. The molecule has 0 radical (unpaired) electrons. The molecule has 4 aromatic carbocycles. The molecule has 1 N–H and O–H groups in total. The Hall–Kier alpha value is -6.09. The maximum absolute atomic E-state index is 13.6. The summed E-state index contributed by atoms with van der Waals surface area (Å²) in [7, 11) is 0. The minimum absolute atomic E-state index is 0.0501. The molecule has 1 aliphatic heterocycles. The molecular weight excluding hydrogens is 532 g/mol. The van der Waals surface area contributed by atoms with Crippen LogP contribution in [-0.4, -0.2) is 27.3 Å². The van der Waals surface area contributed by atoms with Crippen molar-refractivity contribution in [2.45, 2.75) is 0 Å². The lowest BCUT2D eigenvalue weighted by atomic mass is 10.0. The molecule has 1 aliphatic rings. The Labute approximate surface area is 240 Å². The second-order valence-corrected chi connectivity index (χ2v) is 9.47. The second-order valence-electron chi connectivity index (χ2n) is 9.47. The average molecular weight is 555 g/mol. The number of nitrogens with zero attached hydrogens (tertiary/aromatic N) is 3. The maximum Gasteiger partial charge on any atom is 0.335 e. The van der Waals surface area contributed by atoms with Gasteiger partial charge in [-0.05, 0) is 47.5 Å². The number of urea groups is 1. The van der Waals surface area contributed by atoms with E-state index in [1.807, 2.05) is 71.3 Å². The first-order valence-corrected chi connectivity index (χ1v) is 13.0. The fraction of sp³-hybridized carbons (Fsp3) is 0. The van der Waals surface area contributed by atoms with Crippen molar-refractivity contribution in [1.29, 1.82) is 0 Å². The molecule has 0 aliphatic carbocycles. The number of aromatic nitrogens is 1. The van der Waals surface area contributed by atoms with Crippen molar-refractivity contribution < 1.29 is 19.3 Å². The number of carbonyl (C=O) groups excluding carboxylic acids is 3. The average Bonchev–Trinajstić information content (AvgIpc) is 3.40. The Morgan fingerprint density at radius 2 is 1.26 bits per heavy atom. The zero-order chi connectivity index (χ0) is 29.2. The molecule has 0 bridgehead atoms. The highest BCUT2D eigenvalue weighted by molar-refractivity contribution is 6.39. The van der Waals surface area contributed by atoms with Crippen LogP contribution in [0, 0.1) is 10.1 Å². The van der Waals surface area contributed by atoms with Crippen LogP contribution in [0.2, 0.25) is 0 Å². The number of amides is 4. The van der Waals surface area contributed by atoms with Gasteiger partial charge in [0, 0.05) is 23.4 Å². The Morgan fingerprint density at radius 3 is 1.86 bits per heavy atom. The zero-order valence-electron chi connectivity index (χ0n) is 22.0. The topological polar surface area (TPSA) is 115 Å². The molecule has 1 fully saturated rings. The number of carbonyl (C=O) groups is 3. The van der Waals surface area contributed by atoms with Gasteiger partial charge in [-0.1, -0.05) is 78.9 Å². The molecule has 6 rings (SSSR count). The van der Waals surface area contributed by atoms with E-state index in [4.69, 9.17) is 0 Å². The number of rotatable bonds is 6. The summed E-state index contributed by atoms with van der Waals surface area (Å²) in [5.41, 5.74) is 4.26. The van der Waals surface area contributed by atoms with E-state index in [-0.39, 0.29) is 11.3 Å². The minimum atomic E-state index is -0.829. The monoisotopic (exact) mass is 554 g/mol. The fourth-order valence-corrected chi connectivity index (χ4v) is 4.97. The normalized spacial score (nSPS) is 14.2. The number of nitrogens with one attached hydrogen (secondary N) is 1. The van der Waals surface area contributed by atoms with Gasteiger partial charge in [0.15, 0.2) is 0 Å². The number of hydrogen-bond donors (Lipinski definition) is 1. The molecule has 9 nitrogen and oxygen atoms in total. The molecule has 42 heavy (non-hydrogen) atoms. The molecule has 2 heterocycles. The Morgan fingerprint density at radius 1 is 0.690 bits per heavy atom. The predicted molar refractivity (Wildman–Crippen MR) is 159 cm³/mol. The molecule has 0 atom stereocenters. The summed E-state index contributed by atoms with van der Waals surface area (Å²) < 4.78 is 1.94. The Bertz CT molecular complexity index is 1860. The summed E-state index contributed by atoms with van der Waals surface area (Å²) in [6.45, 7) is 0. The molecule has 1 saturated heterocycles. The van der Waals surface area contributed by atoms with Gasteiger partial charge in [0.05, 0.1) is 22.0 Å². The van der Waals surface area contributed by atoms with Crippen LogP contribution in [0.4, 0.5) is 16.2 Å². The third kappa shape index (κ3) is 4.75. The van der Waals surface area contributed by atoms with Crippen molar-refractivity contribution >= 4 is 35.3 Å². The molecule has 9 heteroatoms. The molecular formula is C33H22N4O5.